The first kappa shape index (κ1) is 15.4. The number of carbonyl (C=O) groups excluding carboxylic acids is 1. The van der Waals surface area contributed by atoms with Crippen LogP contribution in [-0.2, 0) is 11.3 Å². The Bertz CT molecular complexity index is 454. The number of pyridine rings is 1. The van der Waals surface area contributed by atoms with Crippen LogP contribution in [0.2, 0.25) is 0 Å². The maximum atomic E-state index is 11.7. The van der Waals surface area contributed by atoms with Crippen LogP contribution >= 0.6 is 0 Å². The molecule has 0 radical (unpaired) electrons. The molecule has 0 aromatic carbocycles. The van der Waals surface area contributed by atoms with E-state index in [-0.39, 0.29) is 30.5 Å². The smallest absolute Gasteiger partial charge is 0.250 e. The SMILES string of the molecule is CC(C)CC(CO)NC(=O)CCn1ccccc1=O. The van der Waals surface area contributed by atoms with Crippen molar-refractivity contribution in [1.29, 1.82) is 0 Å². The quantitative estimate of drug-likeness (QED) is 0.765. The zero-order chi connectivity index (χ0) is 14.3. The molecular weight excluding hydrogens is 244 g/mol. The van der Waals surface area contributed by atoms with Crippen molar-refractivity contribution in [3.05, 3.63) is 34.7 Å². The lowest BCUT2D eigenvalue weighted by Gasteiger charge is -2.18. The zero-order valence-electron chi connectivity index (χ0n) is 11.5. The van der Waals surface area contributed by atoms with E-state index in [1.807, 2.05) is 13.8 Å². The van der Waals surface area contributed by atoms with E-state index < -0.39 is 0 Å². The van der Waals surface area contributed by atoms with Crippen LogP contribution in [0.1, 0.15) is 26.7 Å². The van der Waals surface area contributed by atoms with Crippen molar-refractivity contribution in [3.63, 3.8) is 0 Å². The van der Waals surface area contributed by atoms with Gasteiger partial charge < -0.3 is 15.0 Å². The van der Waals surface area contributed by atoms with E-state index in [0.29, 0.717) is 12.5 Å². The molecule has 0 aliphatic rings. The molecule has 5 nitrogen and oxygen atoms in total. The van der Waals surface area contributed by atoms with Crippen molar-refractivity contribution in [1.82, 2.24) is 9.88 Å². The first-order chi connectivity index (χ1) is 9.02. The van der Waals surface area contributed by atoms with Crippen LogP contribution in [0.4, 0.5) is 0 Å². The molecule has 1 rings (SSSR count). The summed E-state index contributed by atoms with van der Waals surface area (Å²) in [5.74, 6) is 0.268. The van der Waals surface area contributed by atoms with Crippen molar-refractivity contribution in [3.8, 4) is 0 Å². The van der Waals surface area contributed by atoms with Gasteiger partial charge in [-0.25, -0.2) is 0 Å². The van der Waals surface area contributed by atoms with Crippen LogP contribution in [0, 0.1) is 5.92 Å². The Balaban J connectivity index is 2.43. The summed E-state index contributed by atoms with van der Waals surface area (Å²) in [6, 6.07) is 4.69. The molecule has 19 heavy (non-hydrogen) atoms. The Morgan fingerprint density at radius 3 is 2.74 bits per heavy atom. The molecule has 0 aliphatic carbocycles. The number of nitrogens with zero attached hydrogens (tertiary/aromatic N) is 1. The fourth-order valence-electron chi connectivity index (χ4n) is 1.92. The van der Waals surface area contributed by atoms with E-state index in [0.717, 1.165) is 6.42 Å². The predicted molar refractivity (Wildman–Crippen MR) is 73.8 cm³/mol. The normalized spacial score (nSPS) is 12.4. The zero-order valence-corrected chi connectivity index (χ0v) is 11.5. The molecule has 1 heterocycles. The van der Waals surface area contributed by atoms with Gasteiger partial charge >= 0.3 is 0 Å². The number of nitrogens with one attached hydrogen (secondary N) is 1. The van der Waals surface area contributed by atoms with Crippen molar-refractivity contribution in [2.24, 2.45) is 5.92 Å². The second-order valence-electron chi connectivity index (χ2n) is 5.06. The predicted octanol–water partition coefficient (Wildman–Crippen LogP) is 0.762. The van der Waals surface area contributed by atoms with E-state index in [1.54, 1.807) is 18.3 Å². The average Bonchev–Trinajstić information content (AvgIpc) is 2.36. The van der Waals surface area contributed by atoms with Crippen molar-refractivity contribution in [2.75, 3.05) is 6.61 Å². The molecule has 1 amide bonds. The van der Waals surface area contributed by atoms with Gasteiger partial charge in [-0.3, -0.25) is 9.59 Å². The number of aliphatic hydroxyl groups excluding tert-OH is 1. The lowest BCUT2D eigenvalue weighted by Crippen LogP contribution is -2.39. The van der Waals surface area contributed by atoms with Gasteiger partial charge in [-0.2, -0.15) is 0 Å². The lowest BCUT2D eigenvalue weighted by atomic mass is 10.0. The molecule has 0 bridgehead atoms. The van der Waals surface area contributed by atoms with Gasteiger partial charge in [-0.15, -0.1) is 0 Å². The fraction of sp³-hybridized carbons (Fsp3) is 0.571. The Morgan fingerprint density at radius 1 is 1.42 bits per heavy atom. The summed E-state index contributed by atoms with van der Waals surface area (Å²) in [5.41, 5.74) is -0.115. The summed E-state index contributed by atoms with van der Waals surface area (Å²) < 4.78 is 1.50. The first-order valence-corrected chi connectivity index (χ1v) is 6.58. The van der Waals surface area contributed by atoms with Crippen molar-refractivity contribution < 1.29 is 9.90 Å². The van der Waals surface area contributed by atoms with E-state index >= 15 is 0 Å². The fourth-order valence-corrected chi connectivity index (χ4v) is 1.92. The number of aryl methyl sites for hydroxylation is 1. The molecule has 0 saturated heterocycles. The van der Waals surface area contributed by atoms with E-state index in [9.17, 15) is 14.7 Å². The number of aliphatic hydroxyl groups is 1. The monoisotopic (exact) mass is 266 g/mol. The van der Waals surface area contributed by atoms with Crippen LogP contribution in [0.25, 0.3) is 0 Å². The van der Waals surface area contributed by atoms with Crippen molar-refractivity contribution >= 4 is 5.91 Å². The molecule has 2 N–H and O–H groups in total. The van der Waals surface area contributed by atoms with E-state index in [4.69, 9.17) is 0 Å². The van der Waals surface area contributed by atoms with Crippen LogP contribution < -0.4 is 10.9 Å². The molecule has 0 aliphatic heterocycles. The molecule has 106 valence electrons. The molecule has 1 aromatic rings. The summed E-state index contributed by atoms with van der Waals surface area (Å²) in [7, 11) is 0. The van der Waals surface area contributed by atoms with Gasteiger partial charge in [0.15, 0.2) is 0 Å². The van der Waals surface area contributed by atoms with Gasteiger partial charge in [-0.1, -0.05) is 19.9 Å². The number of carbonyl (C=O) groups is 1. The van der Waals surface area contributed by atoms with Crippen LogP contribution in [-0.4, -0.2) is 28.2 Å². The molecular formula is C14H22N2O3. The van der Waals surface area contributed by atoms with Gasteiger partial charge in [0.1, 0.15) is 0 Å². The molecule has 0 spiro atoms. The van der Waals surface area contributed by atoms with E-state index in [2.05, 4.69) is 5.32 Å². The van der Waals surface area contributed by atoms with Crippen LogP contribution in [0.3, 0.4) is 0 Å². The number of aromatic nitrogens is 1. The Labute approximate surface area is 113 Å². The Morgan fingerprint density at radius 2 is 2.16 bits per heavy atom. The van der Waals surface area contributed by atoms with Gasteiger partial charge in [0, 0.05) is 25.2 Å². The lowest BCUT2D eigenvalue weighted by molar-refractivity contribution is -0.122. The topological polar surface area (TPSA) is 71.3 Å². The molecule has 0 saturated carbocycles. The van der Waals surface area contributed by atoms with Gasteiger partial charge in [-0.05, 0) is 18.4 Å². The average molecular weight is 266 g/mol. The highest BCUT2D eigenvalue weighted by molar-refractivity contribution is 5.76. The third kappa shape index (κ3) is 5.70. The third-order valence-electron chi connectivity index (χ3n) is 2.82. The highest BCUT2D eigenvalue weighted by atomic mass is 16.3. The second-order valence-corrected chi connectivity index (χ2v) is 5.06. The van der Waals surface area contributed by atoms with Gasteiger partial charge in [0.05, 0.1) is 12.6 Å². The Hall–Kier alpha value is -1.62. The van der Waals surface area contributed by atoms with Gasteiger partial charge in [0.25, 0.3) is 5.56 Å². The molecule has 1 unspecified atom stereocenters. The highest BCUT2D eigenvalue weighted by Crippen LogP contribution is 2.04. The number of amides is 1. The number of hydrogen-bond donors (Lipinski definition) is 2. The summed E-state index contributed by atoms with van der Waals surface area (Å²) in [4.78, 5) is 23.2. The van der Waals surface area contributed by atoms with Crippen LogP contribution in [0.15, 0.2) is 29.2 Å². The number of hydrogen-bond acceptors (Lipinski definition) is 3. The summed E-state index contributed by atoms with van der Waals surface area (Å²) in [6.07, 6.45) is 2.64. The molecule has 1 atom stereocenters. The van der Waals surface area contributed by atoms with E-state index in [1.165, 1.54) is 10.6 Å². The molecule has 0 fully saturated rings. The maximum Gasteiger partial charge on any atom is 0.250 e. The molecule has 1 aromatic heterocycles. The summed E-state index contributed by atoms with van der Waals surface area (Å²) in [6.45, 7) is 4.37. The van der Waals surface area contributed by atoms with Crippen molar-refractivity contribution in [2.45, 2.75) is 39.3 Å². The third-order valence-corrected chi connectivity index (χ3v) is 2.82. The Kier molecular flexibility index (Phi) is 6.29. The highest BCUT2D eigenvalue weighted by Gasteiger charge is 2.12. The minimum atomic E-state index is -0.208. The first-order valence-electron chi connectivity index (χ1n) is 6.58. The summed E-state index contributed by atoms with van der Waals surface area (Å²) >= 11 is 0. The minimum absolute atomic E-state index is 0.0603. The minimum Gasteiger partial charge on any atom is -0.394 e. The second kappa shape index (κ2) is 7.74. The largest absolute Gasteiger partial charge is 0.394 e. The van der Waals surface area contributed by atoms with Crippen LogP contribution in [0.5, 0.6) is 0 Å². The summed E-state index contributed by atoms with van der Waals surface area (Å²) in [5, 5.41) is 12.0. The maximum absolute atomic E-state index is 11.7. The number of rotatable bonds is 7. The molecule has 5 heteroatoms. The standard InChI is InChI=1S/C14H22N2O3/c1-11(2)9-12(10-17)15-13(18)6-8-16-7-4-3-5-14(16)19/h3-5,7,11-12,17H,6,8-10H2,1-2H3,(H,15,18). The van der Waals surface area contributed by atoms with Gasteiger partial charge in [0.2, 0.25) is 5.91 Å².